The van der Waals surface area contributed by atoms with Crippen LogP contribution in [-0.2, 0) is 22.4 Å². The number of hydrogen-bond acceptors (Lipinski definition) is 4. The van der Waals surface area contributed by atoms with E-state index in [-0.39, 0.29) is 17.1 Å². The fourth-order valence-corrected chi connectivity index (χ4v) is 3.75. The topological polar surface area (TPSA) is 71.1 Å². The molecule has 1 heterocycles. The van der Waals surface area contributed by atoms with Crippen molar-refractivity contribution in [2.75, 3.05) is 10.0 Å². The van der Waals surface area contributed by atoms with Crippen molar-refractivity contribution in [3.63, 3.8) is 0 Å². The van der Waals surface area contributed by atoms with Crippen LogP contribution in [0.15, 0.2) is 71.9 Å². The van der Waals surface area contributed by atoms with Gasteiger partial charge in [-0.2, -0.15) is 26.3 Å². The van der Waals surface area contributed by atoms with Gasteiger partial charge in [-0.1, -0.05) is 12.1 Å². The highest BCUT2D eigenvalue weighted by molar-refractivity contribution is 7.92. The molecule has 0 bridgehead atoms. The van der Waals surface area contributed by atoms with Crippen LogP contribution in [0.5, 0.6) is 0 Å². The molecular weight excluding hydrogens is 448 g/mol. The zero-order valence-electron chi connectivity index (χ0n) is 15.3. The number of hydrogen-bond donors (Lipinski definition) is 2. The largest absolute Gasteiger partial charge is 0.416 e. The Morgan fingerprint density at radius 2 is 1.32 bits per heavy atom. The molecule has 0 fully saturated rings. The minimum Gasteiger partial charge on any atom is -0.354 e. The minimum absolute atomic E-state index is 0.0449. The Bertz CT molecular complexity index is 1190. The van der Waals surface area contributed by atoms with Crippen LogP contribution in [0.4, 0.5) is 43.4 Å². The summed E-state index contributed by atoms with van der Waals surface area (Å²) < 4.78 is 105. The van der Waals surface area contributed by atoms with Crippen LogP contribution in [0.25, 0.3) is 0 Å². The summed E-state index contributed by atoms with van der Waals surface area (Å²) in [6.45, 7) is 0. The first-order valence-corrected chi connectivity index (χ1v) is 9.93. The van der Waals surface area contributed by atoms with Gasteiger partial charge >= 0.3 is 12.4 Å². The van der Waals surface area contributed by atoms with E-state index in [4.69, 9.17) is 0 Å². The van der Waals surface area contributed by atoms with Crippen molar-refractivity contribution in [2.24, 2.45) is 0 Å². The monoisotopic (exact) mass is 461 g/mol. The van der Waals surface area contributed by atoms with Crippen molar-refractivity contribution in [1.82, 2.24) is 4.98 Å². The van der Waals surface area contributed by atoms with E-state index >= 15 is 0 Å². The maximum atomic E-state index is 12.9. The maximum absolute atomic E-state index is 12.9. The highest BCUT2D eigenvalue weighted by Gasteiger charge is 2.32. The fourth-order valence-electron chi connectivity index (χ4n) is 2.60. The molecule has 31 heavy (non-hydrogen) atoms. The molecule has 0 aliphatic rings. The molecule has 0 saturated carbocycles. The number of halogens is 6. The van der Waals surface area contributed by atoms with Gasteiger partial charge in [-0.3, -0.25) is 9.71 Å². The standard InChI is InChI=1S/C19H13F6N3O2S/c20-18(21,22)12-3-1-5-14(9-12)27-16-7-8-26-11-17(16)31(29,30)28-15-6-2-4-13(10-15)19(23,24)25/h1-11,28H,(H,26,27). The van der Waals surface area contributed by atoms with E-state index < -0.39 is 38.4 Å². The molecule has 164 valence electrons. The second-order valence-corrected chi connectivity index (χ2v) is 7.91. The van der Waals surface area contributed by atoms with Crippen LogP contribution in [0.3, 0.4) is 0 Å². The van der Waals surface area contributed by atoms with Gasteiger partial charge in [-0.05, 0) is 42.5 Å². The highest BCUT2D eigenvalue weighted by atomic mass is 32.2. The van der Waals surface area contributed by atoms with Gasteiger partial charge in [0.1, 0.15) is 4.90 Å². The predicted molar refractivity (Wildman–Crippen MR) is 101 cm³/mol. The molecule has 3 rings (SSSR count). The molecule has 2 aromatic carbocycles. The summed E-state index contributed by atoms with van der Waals surface area (Å²) in [6.07, 6.45) is -7.15. The molecule has 0 aliphatic heterocycles. The average Bonchev–Trinajstić information content (AvgIpc) is 2.67. The summed E-state index contributed by atoms with van der Waals surface area (Å²) in [7, 11) is -4.43. The molecule has 0 radical (unpaired) electrons. The third-order valence-corrected chi connectivity index (χ3v) is 5.39. The smallest absolute Gasteiger partial charge is 0.354 e. The summed E-state index contributed by atoms with van der Waals surface area (Å²) >= 11 is 0. The second kappa shape index (κ2) is 8.10. The molecular formula is C19H13F6N3O2S. The van der Waals surface area contributed by atoms with Crippen molar-refractivity contribution < 1.29 is 34.8 Å². The van der Waals surface area contributed by atoms with Gasteiger partial charge in [0.15, 0.2) is 0 Å². The summed E-state index contributed by atoms with van der Waals surface area (Å²) in [5.41, 5.74) is -2.51. The van der Waals surface area contributed by atoms with E-state index in [9.17, 15) is 34.8 Å². The first-order valence-electron chi connectivity index (χ1n) is 8.45. The van der Waals surface area contributed by atoms with E-state index in [0.29, 0.717) is 6.07 Å². The van der Waals surface area contributed by atoms with E-state index in [2.05, 4.69) is 10.3 Å². The van der Waals surface area contributed by atoms with Crippen molar-refractivity contribution in [3.8, 4) is 0 Å². The quantitative estimate of drug-likeness (QED) is 0.481. The Balaban J connectivity index is 1.93. The van der Waals surface area contributed by atoms with E-state index in [1.165, 1.54) is 18.3 Å². The van der Waals surface area contributed by atoms with Crippen LogP contribution in [0.2, 0.25) is 0 Å². The number of aromatic nitrogens is 1. The fraction of sp³-hybridized carbons (Fsp3) is 0.105. The van der Waals surface area contributed by atoms with Gasteiger partial charge in [-0.25, -0.2) is 8.42 Å². The number of nitrogens with one attached hydrogen (secondary N) is 2. The lowest BCUT2D eigenvalue weighted by Gasteiger charge is -2.15. The summed E-state index contributed by atoms with van der Waals surface area (Å²) in [5.74, 6) is 0. The third kappa shape index (κ3) is 5.45. The molecule has 0 aliphatic carbocycles. The number of anilines is 3. The molecule has 1 aromatic heterocycles. The first kappa shape index (κ1) is 22.4. The van der Waals surface area contributed by atoms with E-state index in [1.807, 2.05) is 4.72 Å². The SMILES string of the molecule is O=S(=O)(Nc1cccc(C(F)(F)F)c1)c1cnccc1Nc1cccc(C(F)(F)F)c1. The van der Waals surface area contributed by atoms with Gasteiger partial charge in [0.2, 0.25) is 0 Å². The molecule has 5 nitrogen and oxygen atoms in total. The molecule has 0 amide bonds. The van der Waals surface area contributed by atoms with Gasteiger partial charge in [0.25, 0.3) is 10.0 Å². The van der Waals surface area contributed by atoms with Crippen molar-refractivity contribution >= 4 is 27.1 Å². The van der Waals surface area contributed by atoms with Crippen LogP contribution in [-0.4, -0.2) is 13.4 Å². The molecule has 0 saturated heterocycles. The number of benzene rings is 2. The molecule has 2 N–H and O–H groups in total. The second-order valence-electron chi connectivity index (χ2n) is 6.26. The Labute approximate surface area is 172 Å². The predicted octanol–water partition coefficient (Wildman–Crippen LogP) is 5.66. The lowest BCUT2D eigenvalue weighted by Crippen LogP contribution is -2.16. The van der Waals surface area contributed by atoms with Crippen molar-refractivity contribution in [1.29, 1.82) is 0 Å². The van der Waals surface area contributed by atoms with Gasteiger partial charge in [-0.15, -0.1) is 0 Å². The molecule has 12 heteroatoms. The first-order chi connectivity index (χ1) is 14.4. The van der Waals surface area contributed by atoms with Crippen molar-refractivity contribution in [2.45, 2.75) is 17.2 Å². The molecule has 0 atom stereocenters. The number of sulfonamides is 1. The van der Waals surface area contributed by atoms with Gasteiger partial charge in [0, 0.05) is 23.8 Å². The number of pyridine rings is 1. The number of alkyl halides is 6. The normalized spacial score (nSPS) is 12.5. The zero-order chi connectivity index (χ0) is 22.9. The Morgan fingerprint density at radius 3 is 1.90 bits per heavy atom. The van der Waals surface area contributed by atoms with Crippen molar-refractivity contribution in [3.05, 3.63) is 78.1 Å². The van der Waals surface area contributed by atoms with Gasteiger partial charge < -0.3 is 5.32 Å². The zero-order valence-corrected chi connectivity index (χ0v) is 16.1. The summed E-state index contributed by atoms with van der Waals surface area (Å²) in [4.78, 5) is 3.22. The molecule has 3 aromatic rings. The summed E-state index contributed by atoms with van der Waals surface area (Å²) in [6, 6.07) is 8.85. The average molecular weight is 461 g/mol. The maximum Gasteiger partial charge on any atom is 0.416 e. The Hall–Kier alpha value is -3.28. The minimum atomic E-state index is -4.67. The number of rotatable bonds is 5. The molecule has 0 spiro atoms. The Kier molecular flexibility index (Phi) is 5.85. The lowest BCUT2D eigenvalue weighted by atomic mass is 10.2. The third-order valence-electron chi connectivity index (χ3n) is 3.99. The van der Waals surface area contributed by atoms with E-state index in [0.717, 1.165) is 42.6 Å². The lowest BCUT2D eigenvalue weighted by molar-refractivity contribution is -0.138. The molecule has 0 unspecified atom stereocenters. The van der Waals surface area contributed by atoms with Gasteiger partial charge in [0.05, 0.1) is 16.8 Å². The van der Waals surface area contributed by atoms with Crippen LogP contribution < -0.4 is 10.0 Å². The van der Waals surface area contributed by atoms with Crippen LogP contribution in [0.1, 0.15) is 11.1 Å². The Morgan fingerprint density at radius 1 is 0.774 bits per heavy atom. The highest BCUT2D eigenvalue weighted by Crippen LogP contribution is 2.34. The summed E-state index contributed by atoms with van der Waals surface area (Å²) in [5, 5.41) is 2.57. The van der Waals surface area contributed by atoms with Crippen LogP contribution >= 0.6 is 0 Å². The van der Waals surface area contributed by atoms with Crippen LogP contribution in [0, 0.1) is 0 Å². The number of nitrogens with zero attached hydrogens (tertiary/aromatic N) is 1. The van der Waals surface area contributed by atoms with E-state index in [1.54, 1.807) is 0 Å².